The highest BCUT2D eigenvalue weighted by atomic mass is 19.4. The maximum Gasteiger partial charge on any atom is 0.389 e. The van der Waals surface area contributed by atoms with Crippen LogP contribution in [0.15, 0.2) is 24.3 Å². The largest absolute Gasteiger partial charge is 0.389 e. The Hall–Kier alpha value is -0.990. The Bertz CT molecular complexity index is 312. The van der Waals surface area contributed by atoms with Gasteiger partial charge in [-0.15, -0.1) is 0 Å². The highest BCUT2D eigenvalue weighted by Crippen LogP contribution is 2.31. The van der Waals surface area contributed by atoms with E-state index in [1.54, 1.807) is 12.1 Å². The molecule has 0 heterocycles. The van der Waals surface area contributed by atoms with E-state index in [1.165, 1.54) is 0 Å². The van der Waals surface area contributed by atoms with Crippen LogP contribution in [0.2, 0.25) is 0 Å². The first-order valence-corrected chi connectivity index (χ1v) is 5.35. The van der Waals surface area contributed by atoms with Gasteiger partial charge in [-0.25, -0.2) is 0 Å². The maximum atomic E-state index is 12.0. The van der Waals surface area contributed by atoms with Crippen LogP contribution in [0.4, 0.5) is 13.2 Å². The van der Waals surface area contributed by atoms with E-state index in [1.807, 2.05) is 26.0 Å². The Kier molecular flexibility index (Phi) is 4.00. The van der Waals surface area contributed by atoms with Crippen molar-refractivity contribution in [3.63, 3.8) is 0 Å². The van der Waals surface area contributed by atoms with Crippen molar-refractivity contribution in [2.75, 3.05) is 0 Å². The molecule has 0 atom stereocenters. The standard InChI is InChI=1S/C13H16F3/c1-12(2,9-6-10-13(14,15)16)11-7-4-3-5-8-11/h4-5,7-8H,6,9-10H2,1-2H3. The predicted octanol–water partition coefficient (Wildman–Crippen LogP) is 4.50. The van der Waals surface area contributed by atoms with Crippen LogP contribution in [-0.2, 0) is 5.41 Å². The first-order chi connectivity index (χ1) is 7.31. The minimum absolute atomic E-state index is 0.176. The molecule has 1 aromatic carbocycles. The molecule has 0 nitrogen and oxygen atoms in total. The van der Waals surface area contributed by atoms with Crippen molar-refractivity contribution < 1.29 is 13.2 Å². The molecule has 0 aliphatic carbocycles. The van der Waals surface area contributed by atoms with Gasteiger partial charge in [-0.3, -0.25) is 0 Å². The topological polar surface area (TPSA) is 0 Å². The lowest BCUT2D eigenvalue weighted by Gasteiger charge is -2.25. The van der Waals surface area contributed by atoms with E-state index in [2.05, 4.69) is 6.07 Å². The summed E-state index contributed by atoms with van der Waals surface area (Å²) in [5, 5.41) is 0. The lowest BCUT2D eigenvalue weighted by molar-refractivity contribution is -0.136. The van der Waals surface area contributed by atoms with Gasteiger partial charge in [-0.1, -0.05) is 38.1 Å². The second-order valence-corrected chi connectivity index (χ2v) is 4.64. The van der Waals surface area contributed by atoms with E-state index in [4.69, 9.17) is 0 Å². The van der Waals surface area contributed by atoms with Gasteiger partial charge in [0.25, 0.3) is 0 Å². The third kappa shape index (κ3) is 4.25. The Balaban J connectivity index is 2.53. The van der Waals surface area contributed by atoms with Gasteiger partial charge < -0.3 is 0 Å². The Labute approximate surface area is 94.5 Å². The molecule has 0 aliphatic rings. The van der Waals surface area contributed by atoms with Crippen molar-refractivity contribution in [2.45, 2.75) is 44.7 Å². The van der Waals surface area contributed by atoms with Gasteiger partial charge in [0.15, 0.2) is 0 Å². The molecule has 1 radical (unpaired) electrons. The molecule has 1 aromatic rings. The minimum Gasteiger partial charge on any atom is -0.171 e. The molecule has 16 heavy (non-hydrogen) atoms. The van der Waals surface area contributed by atoms with Gasteiger partial charge >= 0.3 is 6.18 Å². The van der Waals surface area contributed by atoms with Crippen LogP contribution >= 0.6 is 0 Å². The predicted molar refractivity (Wildman–Crippen MR) is 58.2 cm³/mol. The summed E-state index contributed by atoms with van der Waals surface area (Å²) in [4.78, 5) is 0. The molecule has 0 amide bonds. The Morgan fingerprint density at radius 2 is 1.62 bits per heavy atom. The molecular weight excluding hydrogens is 213 g/mol. The summed E-state index contributed by atoms with van der Waals surface area (Å²) >= 11 is 0. The third-order valence-corrected chi connectivity index (χ3v) is 2.76. The minimum atomic E-state index is -4.04. The van der Waals surface area contributed by atoms with Crippen LogP contribution in [0, 0.1) is 6.07 Å². The molecular formula is C13H16F3. The maximum absolute atomic E-state index is 12.0. The van der Waals surface area contributed by atoms with Gasteiger partial charge in [-0.05, 0) is 29.9 Å². The SMILES string of the molecule is CC(C)(CCCC(F)(F)F)c1cc[c]cc1. The molecule has 0 unspecified atom stereocenters. The van der Waals surface area contributed by atoms with E-state index < -0.39 is 12.6 Å². The summed E-state index contributed by atoms with van der Waals surface area (Å²) in [5.41, 5.74) is 0.855. The summed E-state index contributed by atoms with van der Waals surface area (Å²) in [5.74, 6) is 0. The number of alkyl halides is 3. The van der Waals surface area contributed by atoms with Crippen molar-refractivity contribution in [1.82, 2.24) is 0 Å². The van der Waals surface area contributed by atoms with E-state index in [-0.39, 0.29) is 11.8 Å². The summed E-state index contributed by atoms with van der Waals surface area (Å²) in [6.45, 7) is 3.94. The third-order valence-electron chi connectivity index (χ3n) is 2.76. The molecule has 89 valence electrons. The molecule has 0 fully saturated rings. The number of rotatable bonds is 4. The Morgan fingerprint density at radius 3 is 2.12 bits per heavy atom. The van der Waals surface area contributed by atoms with Gasteiger partial charge in [0, 0.05) is 6.42 Å². The lowest BCUT2D eigenvalue weighted by atomic mass is 9.80. The normalized spacial score (nSPS) is 12.8. The number of benzene rings is 1. The fourth-order valence-corrected chi connectivity index (χ4v) is 1.71. The fourth-order valence-electron chi connectivity index (χ4n) is 1.71. The van der Waals surface area contributed by atoms with Gasteiger partial charge in [0.2, 0.25) is 0 Å². The molecule has 0 bridgehead atoms. The molecule has 0 aromatic heterocycles. The van der Waals surface area contributed by atoms with Gasteiger partial charge in [-0.2, -0.15) is 13.2 Å². The summed E-state index contributed by atoms with van der Waals surface area (Å²) in [6, 6.07) is 10.3. The highest BCUT2D eigenvalue weighted by molar-refractivity contribution is 5.22. The van der Waals surface area contributed by atoms with Crippen LogP contribution in [0.25, 0.3) is 0 Å². The van der Waals surface area contributed by atoms with E-state index in [0.717, 1.165) is 5.56 Å². The number of hydrogen-bond acceptors (Lipinski definition) is 0. The second-order valence-electron chi connectivity index (χ2n) is 4.64. The van der Waals surface area contributed by atoms with E-state index in [0.29, 0.717) is 6.42 Å². The van der Waals surface area contributed by atoms with Crippen LogP contribution in [0.1, 0.15) is 38.7 Å². The van der Waals surface area contributed by atoms with Crippen LogP contribution < -0.4 is 0 Å². The van der Waals surface area contributed by atoms with Crippen molar-refractivity contribution in [2.24, 2.45) is 0 Å². The van der Waals surface area contributed by atoms with Crippen molar-refractivity contribution in [1.29, 1.82) is 0 Å². The van der Waals surface area contributed by atoms with E-state index in [9.17, 15) is 13.2 Å². The number of halogens is 3. The fraction of sp³-hybridized carbons (Fsp3) is 0.538. The Morgan fingerprint density at radius 1 is 1.06 bits per heavy atom. The average molecular weight is 229 g/mol. The first-order valence-electron chi connectivity index (χ1n) is 5.35. The van der Waals surface area contributed by atoms with Crippen molar-refractivity contribution >= 4 is 0 Å². The molecule has 0 aliphatic heterocycles. The zero-order valence-corrected chi connectivity index (χ0v) is 9.56. The highest BCUT2D eigenvalue weighted by Gasteiger charge is 2.28. The second kappa shape index (κ2) is 4.89. The molecule has 0 spiro atoms. The van der Waals surface area contributed by atoms with Crippen LogP contribution in [0.5, 0.6) is 0 Å². The average Bonchev–Trinajstić information content (AvgIpc) is 2.17. The summed E-state index contributed by atoms with van der Waals surface area (Å²) in [7, 11) is 0. The van der Waals surface area contributed by atoms with Crippen molar-refractivity contribution in [3.05, 3.63) is 35.9 Å². The molecule has 1 rings (SSSR count). The van der Waals surface area contributed by atoms with E-state index >= 15 is 0 Å². The van der Waals surface area contributed by atoms with Crippen molar-refractivity contribution in [3.8, 4) is 0 Å². The molecule has 0 saturated carbocycles. The zero-order valence-electron chi connectivity index (χ0n) is 9.56. The number of hydrogen-bond donors (Lipinski definition) is 0. The monoisotopic (exact) mass is 229 g/mol. The summed E-state index contributed by atoms with van der Waals surface area (Å²) < 4.78 is 36.1. The lowest BCUT2D eigenvalue weighted by Crippen LogP contribution is -2.18. The first kappa shape index (κ1) is 13.1. The molecule has 0 saturated heterocycles. The van der Waals surface area contributed by atoms with Gasteiger partial charge in [0.05, 0.1) is 0 Å². The molecule has 0 N–H and O–H groups in total. The van der Waals surface area contributed by atoms with Crippen LogP contribution in [0.3, 0.4) is 0 Å². The van der Waals surface area contributed by atoms with Gasteiger partial charge in [0.1, 0.15) is 0 Å². The quantitative estimate of drug-likeness (QED) is 0.713. The van der Waals surface area contributed by atoms with Crippen LogP contribution in [-0.4, -0.2) is 6.18 Å². The summed E-state index contributed by atoms with van der Waals surface area (Å²) in [6.07, 6.45) is -4.03. The smallest absolute Gasteiger partial charge is 0.171 e. The zero-order chi connectivity index (χ0) is 12.2. The molecule has 3 heteroatoms.